The third-order valence-electron chi connectivity index (χ3n) is 4.69. The minimum atomic E-state index is -3.64. The molecule has 2 heterocycles. The van der Waals surface area contributed by atoms with Crippen LogP contribution in [-0.4, -0.2) is 37.1 Å². The molecule has 1 atom stereocenters. The summed E-state index contributed by atoms with van der Waals surface area (Å²) in [6.45, 7) is 2.23. The standard InChI is InChI=1S/C20H19BrN2O4S2/c1-13-22-18(12-27-13)14-3-6-16(7-4-14)29(24,25)23-9-10-28-20(23)15-5-8-19(26-2)17(21)11-15/h3-8,11-12,20H,9-10H2,1-2H3. The van der Waals surface area contributed by atoms with Gasteiger partial charge in [-0.05, 0) is 45.8 Å². The van der Waals surface area contributed by atoms with Gasteiger partial charge in [0.2, 0.25) is 10.0 Å². The molecule has 0 aliphatic carbocycles. The van der Waals surface area contributed by atoms with Crippen LogP contribution in [0.3, 0.4) is 0 Å². The Morgan fingerprint density at radius 3 is 2.62 bits per heavy atom. The molecule has 1 aliphatic heterocycles. The molecule has 0 N–H and O–H groups in total. The fourth-order valence-corrected chi connectivity index (χ4v) is 7.02. The molecule has 0 amide bonds. The zero-order chi connectivity index (χ0) is 20.6. The number of methoxy groups -OCH3 is 1. The first-order valence-electron chi connectivity index (χ1n) is 8.89. The van der Waals surface area contributed by atoms with Crippen molar-refractivity contribution in [2.45, 2.75) is 17.2 Å². The Morgan fingerprint density at radius 2 is 2.00 bits per heavy atom. The zero-order valence-corrected chi connectivity index (χ0v) is 19.1. The molecule has 9 heteroatoms. The van der Waals surface area contributed by atoms with Gasteiger partial charge in [0.1, 0.15) is 17.7 Å². The number of rotatable bonds is 5. The second-order valence-electron chi connectivity index (χ2n) is 6.51. The monoisotopic (exact) mass is 494 g/mol. The molecule has 0 radical (unpaired) electrons. The Kier molecular flexibility index (Phi) is 5.74. The third kappa shape index (κ3) is 3.96. The summed E-state index contributed by atoms with van der Waals surface area (Å²) in [5.74, 6) is 2.02. The van der Waals surface area contributed by atoms with Gasteiger partial charge in [-0.2, -0.15) is 4.31 Å². The molecule has 152 valence electrons. The smallest absolute Gasteiger partial charge is 0.244 e. The second-order valence-corrected chi connectivity index (χ2v) is 10.4. The van der Waals surface area contributed by atoms with Crippen LogP contribution in [0, 0.1) is 6.92 Å². The summed E-state index contributed by atoms with van der Waals surface area (Å²) in [6, 6.07) is 12.4. The van der Waals surface area contributed by atoms with Crippen molar-refractivity contribution in [3.8, 4) is 17.0 Å². The number of aryl methyl sites for hydroxylation is 1. The summed E-state index contributed by atoms with van der Waals surface area (Å²) in [7, 11) is -2.03. The predicted octanol–water partition coefficient (Wildman–Crippen LogP) is 4.86. The maximum atomic E-state index is 13.3. The van der Waals surface area contributed by atoms with E-state index < -0.39 is 10.0 Å². The van der Waals surface area contributed by atoms with E-state index in [1.165, 1.54) is 0 Å². The second kappa shape index (κ2) is 8.14. The van der Waals surface area contributed by atoms with E-state index in [2.05, 4.69) is 20.9 Å². The average Bonchev–Trinajstić information content (AvgIpc) is 3.37. The van der Waals surface area contributed by atoms with E-state index in [-0.39, 0.29) is 10.3 Å². The Morgan fingerprint density at radius 1 is 1.24 bits per heavy atom. The highest BCUT2D eigenvalue weighted by Crippen LogP contribution is 2.43. The normalized spacial score (nSPS) is 17.6. The van der Waals surface area contributed by atoms with E-state index in [1.807, 2.05) is 18.2 Å². The number of hydrogen-bond acceptors (Lipinski definition) is 6. The van der Waals surface area contributed by atoms with Crippen molar-refractivity contribution in [2.75, 3.05) is 19.4 Å². The molecule has 0 saturated carbocycles. The first-order chi connectivity index (χ1) is 13.9. The summed E-state index contributed by atoms with van der Waals surface area (Å²) in [6.07, 6.45) is 1.56. The van der Waals surface area contributed by atoms with Crippen LogP contribution in [0.4, 0.5) is 0 Å². The van der Waals surface area contributed by atoms with Crippen molar-refractivity contribution in [3.05, 3.63) is 64.7 Å². The van der Waals surface area contributed by atoms with Crippen molar-refractivity contribution in [2.24, 2.45) is 0 Å². The molecule has 1 fully saturated rings. The lowest BCUT2D eigenvalue weighted by atomic mass is 10.2. The lowest BCUT2D eigenvalue weighted by molar-refractivity contribution is 0.410. The molecular weight excluding hydrogens is 476 g/mol. The van der Waals surface area contributed by atoms with E-state index in [1.54, 1.807) is 60.6 Å². The molecule has 0 spiro atoms. The van der Waals surface area contributed by atoms with Crippen molar-refractivity contribution in [1.82, 2.24) is 9.29 Å². The number of sulfonamides is 1. The number of benzene rings is 2. The summed E-state index contributed by atoms with van der Waals surface area (Å²) in [5, 5.41) is -0.278. The maximum Gasteiger partial charge on any atom is 0.244 e. The molecule has 6 nitrogen and oxygen atoms in total. The Bertz CT molecular complexity index is 1130. The number of thioether (sulfide) groups is 1. The highest BCUT2D eigenvalue weighted by molar-refractivity contribution is 9.10. The van der Waals surface area contributed by atoms with Crippen LogP contribution in [0.5, 0.6) is 5.75 Å². The van der Waals surface area contributed by atoms with E-state index in [0.717, 1.165) is 21.4 Å². The minimum absolute atomic E-state index is 0.265. The first-order valence-corrected chi connectivity index (χ1v) is 12.2. The van der Waals surface area contributed by atoms with Crippen LogP contribution in [0.15, 0.2) is 62.5 Å². The van der Waals surface area contributed by atoms with Gasteiger partial charge in [-0.1, -0.05) is 18.2 Å². The first kappa shape index (κ1) is 20.5. The number of ether oxygens (including phenoxy) is 1. The lowest BCUT2D eigenvalue weighted by Crippen LogP contribution is -2.30. The Hall–Kier alpha value is -1.81. The Labute approximate surface area is 182 Å². The number of oxazole rings is 1. The molecular formula is C20H19BrN2O4S2. The van der Waals surface area contributed by atoms with Gasteiger partial charge in [0.05, 0.1) is 21.9 Å². The van der Waals surface area contributed by atoms with Gasteiger partial charge in [-0.15, -0.1) is 11.8 Å². The number of hydrogen-bond donors (Lipinski definition) is 0. The number of nitrogens with zero attached hydrogens (tertiary/aromatic N) is 2. The SMILES string of the molecule is COc1ccc(C2SCCN2S(=O)(=O)c2ccc(-c3coc(C)n3)cc2)cc1Br. The largest absolute Gasteiger partial charge is 0.496 e. The van der Waals surface area contributed by atoms with E-state index in [4.69, 9.17) is 9.15 Å². The lowest BCUT2D eigenvalue weighted by Gasteiger charge is -2.24. The molecule has 4 rings (SSSR count). The van der Waals surface area contributed by atoms with Crippen molar-refractivity contribution >= 4 is 37.7 Å². The molecule has 3 aromatic rings. The number of aromatic nitrogens is 1. The van der Waals surface area contributed by atoms with E-state index in [0.29, 0.717) is 23.9 Å². The average molecular weight is 495 g/mol. The molecule has 0 bridgehead atoms. The van der Waals surface area contributed by atoms with Gasteiger partial charge < -0.3 is 9.15 Å². The van der Waals surface area contributed by atoms with Crippen LogP contribution in [-0.2, 0) is 10.0 Å². The quantitative estimate of drug-likeness (QED) is 0.504. The van der Waals surface area contributed by atoms with Crippen LogP contribution in [0.2, 0.25) is 0 Å². The fraction of sp³-hybridized carbons (Fsp3) is 0.250. The molecule has 1 aromatic heterocycles. The number of halogens is 1. The summed E-state index contributed by atoms with van der Waals surface area (Å²) in [5.41, 5.74) is 2.41. The van der Waals surface area contributed by atoms with Gasteiger partial charge in [-0.25, -0.2) is 13.4 Å². The topological polar surface area (TPSA) is 72.6 Å². The highest BCUT2D eigenvalue weighted by Gasteiger charge is 2.37. The van der Waals surface area contributed by atoms with Gasteiger partial charge in [0.15, 0.2) is 5.89 Å². The minimum Gasteiger partial charge on any atom is -0.496 e. The maximum absolute atomic E-state index is 13.3. The fourth-order valence-electron chi connectivity index (χ4n) is 3.23. The van der Waals surface area contributed by atoms with E-state index >= 15 is 0 Å². The summed E-state index contributed by atoms with van der Waals surface area (Å²) >= 11 is 5.10. The molecule has 1 saturated heterocycles. The van der Waals surface area contributed by atoms with Gasteiger partial charge in [-0.3, -0.25) is 0 Å². The molecule has 1 unspecified atom stereocenters. The van der Waals surface area contributed by atoms with Crippen LogP contribution >= 0.6 is 27.7 Å². The van der Waals surface area contributed by atoms with Gasteiger partial charge in [0.25, 0.3) is 0 Å². The highest BCUT2D eigenvalue weighted by atomic mass is 79.9. The molecule has 1 aliphatic rings. The summed E-state index contributed by atoms with van der Waals surface area (Å²) in [4.78, 5) is 4.55. The van der Waals surface area contributed by atoms with Crippen molar-refractivity contribution in [1.29, 1.82) is 0 Å². The molecule has 2 aromatic carbocycles. The Balaban J connectivity index is 1.63. The molecule has 29 heavy (non-hydrogen) atoms. The van der Waals surface area contributed by atoms with Crippen molar-refractivity contribution < 1.29 is 17.6 Å². The third-order valence-corrected chi connectivity index (χ3v) is 8.58. The summed E-state index contributed by atoms with van der Waals surface area (Å²) < 4.78 is 39.5. The van der Waals surface area contributed by atoms with E-state index in [9.17, 15) is 8.42 Å². The predicted molar refractivity (Wildman–Crippen MR) is 116 cm³/mol. The van der Waals surface area contributed by atoms with Crippen LogP contribution < -0.4 is 4.74 Å². The van der Waals surface area contributed by atoms with Gasteiger partial charge >= 0.3 is 0 Å². The van der Waals surface area contributed by atoms with Gasteiger partial charge in [0, 0.05) is 24.8 Å². The van der Waals surface area contributed by atoms with Crippen LogP contribution in [0.1, 0.15) is 16.8 Å². The van der Waals surface area contributed by atoms with Crippen LogP contribution in [0.25, 0.3) is 11.3 Å². The van der Waals surface area contributed by atoms with Crippen molar-refractivity contribution in [3.63, 3.8) is 0 Å². The zero-order valence-electron chi connectivity index (χ0n) is 15.8.